The standard InChI is InChI=1S/C13H22N4/c1-11(10-17-7-3-4-8-17)9-16-13-12(2)14-5-6-15-13/h5-6,11H,3-4,7-10H2,1-2H3,(H,15,16). The van der Waals surface area contributed by atoms with Gasteiger partial charge in [0, 0.05) is 25.5 Å². The highest BCUT2D eigenvalue weighted by atomic mass is 15.1. The van der Waals surface area contributed by atoms with Crippen LogP contribution in [0.4, 0.5) is 5.82 Å². The zero-order valence-corrected chi connectivity index (χ0v) is 10.8. The number of aryl methyl sites for hydroxylation is 1. The lowest BCUT2D eigenvalue weighted by Crippen LogP contribution is -2.29. The zero-order chi connectivity index (χ0) is 12.1. The van der Waals surface area contributed by atoms with E-state index in [0.29, 0.717) is 5.92 Å². The Bertz CT molecular complexity index is 347. The van der Waals surface area contributed by atoms with Gasteiger partial charge in [-0.2, -0.15) is 0 Å². The number of hydrogen-bond donors (Lipinski definition) is 1. The molecule has 0 saturated carbocycles. The number of aromatic nitrogens is 2. The largest absolute Gasteiger partial charge is 0.368 e. The lowest BCUT2D eigenvalue weighted by atomic mass is 10.1. The van der Waals surface area contributed by atoms with E-state index >= 15 is 0 Å². The van der Waals surface area contributed by atoms with Gasteiger partial charge in [-0.15, -0.1) is 0 Å². The summed E-state index contributed by atoms with van der Waals surface area (Å²) in [4.78, 5) is 11.1. The van der Waals surface area contributed by atoms with Gasteiger partial charge >= 0.3 is 0 Å². The lowest BCUT2D eigenvalue weighted by Gasteiger charge is -2.20. The minimum Gasteiger partial charge on any atom is -0.368 e. The molecule has 17 heavy (non-hydrogen) atoms. The molecule has 0 amide bonds. The van der Waals surface area contributed by atoms with E-state index in [-0.39, 0.29) is 0 Å². The first kappa shape index (κ1) is 12.3. The van der Waals surface area contributed by atoms with Crippen molar-refractivity contribution in [3.8, 4) is 0 Å². The Balaban J connectivity index is 1.75. The first-order valence-corrected chi connectivity index (χ1v) is 6.49. The van der Waals surface area contributed by atoms with Crippen LogP contribution in [0, 0.1) is 12.8 Å². The summed E-state index contributed by atoms with van der Waals surface area (Å²) in [5, 5.41) is 3.39. The molecule has 4 heteroatoms. The topological polar surface area (TPSA) is 41.1 Å². The number of rotatable bonds is 5. The van der Waals surface area contributed by atoms with Crippen LogP contribution in [0.2, 0.25) is 0 Å². The van der Waals surface area contributed by atoms with Crippen molar-refractivity contribution in [3.05, 3.63) is 18.1 Å². The molecule has 2 rings (SSSR count). The van der Waals surface area contributed by atoms with Gasteiger partial charge in [-0.1, -0.05) is 6.92 Å². The Morgan fingerprint density at radius 1 is 1.29 bits per heavy atom. The average molecular weight is 234 g/mol. The Hall–Kier alpha value is -1.16. The third-order valence-electron chi connectivity index (χ3n) is 3.27. The molecule has 4 nitrogen and oxygen atoms in total. The quantitative estimate of drug-likeness (QED) is 0.845. The van der Waals surface area contributed by atoms with Crippen molar-refractivity contribution in [2.45, 2.75) is 26.7 Å². The number of hydrogen-bond acceptors (Lipinski definition) is 4. The molecule has 2 heterocycles. The van der Waals surface area contributed by atoms with Crippen molar-refractivity contribution in [1.82, 2.24) is 14.9 Å². The van der Waals surface area contributed by atoms with Gasteiger partial charge in [0.05, 0.1) is 5.69 Å². The first-order chi connectivity index (χ1) is 8.25. The molecule has 1 aromatic rings. The molecule has 1 saturated heterocycles. The summed E-state index contributed by atoms with van der Waals surface area (Å²) >= 11 is 0. The molecule has 0 aromatic carbocycles. The first-order valence-electron chi connectivity index (χ1n) is 6.49. The molecule has 1 aliphatic heterocycles. The van der Waals surface area contributed by atoms with E-state index in [1.807, 2.05) is 6.92 Å². The van der Waals surface area contributed by atoms with Gasteiger partial charge in [0.15, 0.2) is 0 Å². The van der Waals surface area contributed by atoms with Crippen LogP contribution in [0.15, 0.2) is 12.4 Å². The Kier molecular flexibility index (Phi) is 4.31. The fourth-order valence-corrected chi connectivity index (χ4v) is 2.32. The summed E-state index contributed by atoms with van der Waals surface area (Å²) in [7, 11) is 0. The van der Waals surface area contributed by atoms with E-state index in [4.69, 9.17) is 0 Å². The van der Waals surface area contributed by atoms with Gasteiger partial charge in [0.2, 0.25) is 0 Å². The number of likely N-dealkylation sites (tertiary alicyclic amines) is 1. The summed E-state index contributed by atoms with van der Waals surface area (Å²) in [5.74, 6) is 1.57. The van der Waals surface area contributed by atoms with E-state index in [9.17, 15) is 0 Å². The molecule has 1 N–H and O–H groups in total. The average Bonchev–Trinajstić information content (AvgIpc) is 2.81. The number of nitrogens with zero attached hydrogens (tertiary/aromatic N) is 3. The van der Waals surface area contributed by atoms with Crippen molar-refractivity contribution >= 4 is 5.82 Å². The Morgan fingerprint density at radius 2 is 2.00 bits per heavy atom. The molecule has 1 aliphatic rings. The maximum Gasteiger partial charge on any atom is 0.147 e. The molecular weight excluding hydrogens is 212 g/mol. The highest BCUT2D eigenvalue weighted by molar-refractivity contribution is 5.38. The maximum absolute atomic E-state index is 4.29. The highest BCUT2D eigenvalue weighted by Gasteiger charge is 2.14. The monoisotopic (exact) mass is 234 g/mol. The molecule has 94 valence electrons. The minimum atomic E-state index is 0.648. The van der Waals surface area contributed by atoms with Crippen LogP contribution >= 0.6 is 0 Å². The smallest absolute Gasteiger partial charge is 0.147 e. The van der Waals surface area contributed by atoms with Crippen molar-refractivity contribution < 1.29 is 0 Å². The van der Waals surface area contributed by atoms with Crippen LogP contribution < -0.4 is 5.32 Å². The molecular formula is C13H22N4. The van der Waals surface area contributed by atoms with Crippen LogP contribution in [-0.2, 0) is 0 Å². The van der Waals surface area contributed by atoms with Crippen LogP contribution in [-0.4, -0.2) is 41.0 Å². The second-order valence-electron chi connectivity index (χ2n) is 4.98. The number of anilines is 1. The molecule has 1 unspecified atom stereocenters. The predicted octanol–water partition coefficient (Wildman–Crippen LogP) is 1.93. The van der Waals surface area contributed by atoms with Crippen LogP contribution in [0.25, 0.3) is 0 Å². The lowest BCUT2D eigenvalue weighted by molar-refractivity contribution is 0.294. The van der Waals surface area contributed by atoms with Crippen LogP contribution in [0.1, 0.15) is 25.5 Å². The number of nitrogens with one attached hydrogen (secondary N) is 1. The van der Waals surface area contributed by atoms with E-state index < -0.39 is 0 Å². The van der Waals surface area contributed by atoms with Crippen molar-refractivity contribution in [3.63, 3.8) is 0 Å². The molecule has 0 radical (unpaired) electrons. The van der Waals surface area contributed by atoms with E-state index in [1.54, 1.807) is 12.4 Å². The van der Waals surface area contributed by atoms with Crippen molar-refractivity contribution in [2.75, 3.05) is 31.5 Å². The van der Waals surface area contributed by atoms with Gasteiger partial charge in [-0.3, -0.25) is 4.98 Å². The van der Waals surface area contributed by atoms with E-state index in [2.05, 4.69) is 27.1 Å². The Morgan fingerprint density at radius 3 is 2.71 bits per heavy atom. The minimum absolute atomic E-state index is 0.648. The zero-order valence-electron chi connectivity index (χ0n) is 10.8. The van der Waals surface area contributed by atoms with Gasteiger partial charge in [0.25, 0.3) is 0 Å². The molecule has 0 aliphatic carbocycles. The summed E-state index contributed by atoms with van der Waals surface area (Å²) in [6, 6.07) is 0. The predicted molar refractivity (Wildman–Crippen MR) is 70.1 cm³/mol. The van der Waals surface area contributed by atoms with Crippen LogP contribution in [0.5, 0.6) is 0 Å². The molecule has 0 bridgehead atoms. The fraction of sp³-hybridized carbons (Fsp3) is 0.692. The second-order valence-corrected chi connectivity index (χ2v) is 4.98. The summed E-state index contributed by atoms with van der Waals surface area (Å²) in [6.07, 6.45) is 6.20. The molecule has 0 spiro atoms. The normalized spacial score (nSPS) is 18.2. The Labute approximate surface area is 103 Å². The van der Waals surface area contributed by atoms with Gasteiger partial charge in [-0.05, 0) is 38.8 Å². The molecule has 1 atom stereocenters. The molecule has 1 aromatic heterocycles. The van der Waals surface area contributed by atoms with E-state index in [0.717, 1.165) is 18.1 Å². The summed E-state index contributed by atoms with van der Waals surface area (Å²) < 4.78 is 0. The fourth-order valence-electron chi connectivity index (χ4n) is 2.32. The van der Waals surface area contributed by atoms with Gasteiger partial charge < -0.3 is 10.2 Å². The van der Waals surface area contributed by atoms with Gasteiger partial charge in [0.1, 0.15) is 5.82 Å². The van der Waals surface area contributed by atoms with Crippen LogP contribution in [0.3, 0.4) is 0 Å². The van der Waals surface area contributed by atoms with Crippen molar-refractivity contribution in [1.29, 1.82) is 0 Å². The van der Waals surface area contributed by atoms with Gasteiger partial charge in [-0.25, -0.2) is 4.98 Å². The third-order valence-corrected chi connectivity index (χ3v) is 3.27. The second kappa shape index (κ2) is 5.96. The summed E-state index contributed by atoms with van der Waals surface area (Å²) in [6.45, 7) is 8.98. The SMILES string of the molecule is Cc1nccnc1NCC(C)CN1CCCC1. The highest BCUT2D eigenvalue weighted by Crippen LogP contribution is 2.11. The van der Waals surface area contributed by atoms with E-state index in [1.165, 1.54) is 32.5 Å². The summed E-state index contributed by atoms with van der Waals surface area (Å²) in [5.41, 5.74) is 0.973. The maximum atomic E-state index is 4.29. The van der Waals surface area contributed by atoms with Crippen molar-refractivity contribution in [2.24, 2.45) is 5.92 Å². The third kappa shape index (κ3) is 3.66. The molecule has 1 fully saturated rings.